The highest BCUT2D eigenvalue weighted by Gasteiger charge is 2.13. The number of rotatable bonds is 4. The Bertz CT molecular complexity index is 289. The average Bonchev–Trinajstić information content (AvgIpc) is 2.26. The van der Waals surface area contributed by atoms with Crippen LogP contribution in [0, 0.1) is 0 Å². The van der Waals surface area contributed by atoms with Crippen LogP contribution in [0.3, 0.4) is 0 Å². The third-order valence-electron chi connectivity index (χ3n) is 1.59. The van der Waals surface area contributed by atoms with Gasteiger partial charge in [0, 0.05) is 0 Å². The average molecular weight is 258 g/mol. The first-order valence-corrected chi connectivity index (χ1v) is 5.48. The van der Waals surface area contributed by atoms with Gasteiger partial charge in [-0.1, -0.05) is 34.1 Å². The summed E-state index contributed by atoms with van der Waals surface area (Å²) in [5, 5.41) is 1.55. The fourth-order valence-electron chi connectivity index (χ4n) is 1.04. The maximum absolute atomic E-state index is 11.5. The molecule has 1 amide bonds. The Balaban J connectivity index is 2.83. The van der Waals surface area contributed by atoms with Crippen molar-refractivity contribution in [2.24, 2.45) is 0 Å². The number of hydroxylamine groups is 1. The van der Waals surface area contributed by atoms with Crippen LogP contribution in [0.25, 0.3) is 0 Å². The molecule has 0 saturated carbocycles. The van der Waals surface area contributed by atoms with Crippen molar-refractivity contribution in [3.63, 3.8) is 0 Å². The van der Waals surface area contributed by atoms with Gasteiger partial charge in [-0.2, -0.15) is 5.06 Å². The van der Waals surface area contributed by atoms with Crippen LogP contribution in [0.15, 0.2) is 30.3 Å². The molecule has 14 heavy (non-hydrogen) atoms. The van der Waals surface area contributed by atoms with Gasteiger partial charge in [0.25, 0.3) is 5.91 Å². The molecule has 0 saturated heterocycles. The van der Waals surface area contributed by atoms with E-state index in [1.54, 1.807) is 0 Å². The van der Waals surface area contributed by atoms with Crippen LogP contribution in [-0.4, -0.2) is 17.8 Å². The summed E-state index contributed by atoms with van der Waals surface area (Å²) in [4.78, 5) is 16.7. The number of para-hydroxylation sites is 1. The maximum atomic E-state index is 11.5. The normalized spacial score (nSPS) is 9.86. The van der Waals surface area contributed by atoms with E-state index in [0.717, 1.165) is 5.69 Å². The first-order valence-electron chi connectivity index (χ1n) is 4.36. The molecule has 1 rings (SSSR count). The number of carbonyl (C=O) groups is 1. The minimum absolute atomic E-state index is 0.113. The van der Waals surface area contributed by atoms with E-state index in [2.05, 4.69) is 15.9 Å². The fraction of sp³-hybridized carbons (Fsp3) is 0.300. The summed E-state index contributed by atoms with van der Waals surface area (Å²) in [6, 6.07) is 9.28. The predicted molar refractivity (Wildman–Crippen MR) is 59.3 cm³/mol. The topological polar surface area (TPSA) is 29.5 Å². The molecule has 0 unspecified atom stereocenters. The Kier molecular flexibility index (Phi) is 4.62. The molecule has 0 radical (unpaired) electrons. The van der Waals surface area contributed by atoms with Crippen molar-refractivity contribution in [3.05, 3.63) is 30.3 Å². The van der Waals surface area contributed by atoms with E-state index in [1.165, 1.54) is 5.06 Å². The largest absolute Gasteiger partial charge is 0.271 e. The van der Waals surface area contributed by atoms with Gasteiger partial charge in [-0.3, -0.25) is 9.63 Å². The third kappa shape index (κ3) is 2.82. The molecular formula is C10H12BrNO2. The highest BCUT2D eigenvalue weighted by atomic mass is 79.9. The van der Waals surface area contributed by atoms with Gasteiger partial charge < -0.3 is 0 Å². The van der Waals surface area contributed by atoms with Gasteiger partial charge in [-0.05, 0) is 19.1 Å². The lowest BCUT2D eigenvalue weighted by atomic mass is 10.3. The standard InChI is InChI=1S/C10H12BrNO2/c1-2-14-12(10(13)8-11)9-6-4-3-5-7-9/h3-7H,2,8H2,1H3. The number of nitrogens with zero attached hydrogens (tertiary/aromatic N) is 1. The van der Waals surface area contributed by atoms with Gasteiger partial charge in [0.2, 0.25) is 0 Å². The van der Waals surface area contributed by atoms with Crippen molar-refractivity contribution in [1.29, 1.82) is 0 Å². The molecule has 4 heteroatoms. The second-order valence-electron chi connectivity index (χ2n) is 2.58. The number of benzene rings is 1. The van der Waals surface area contributed by atoms with Gasteiger partial charge in [-0.25, -0.2) is 0 Å². The molecule has 0 heterocycles. The first kappa shape index (κ1) is 11.2. The van der Waals surface area contributed by atoms with Crippen LogP contribution in [0.2, 0.25) is 0 Å². The van der Waals surface area contributed by atoms with Crippen LogP contribution in [0.4, 0.5) is 5.69 Å². The fourth-order valence-corrected chi connectivity index (χ4v) is 1.27. The van der Waals surface area contributed by atoms with Crippen molar-refractivity contribution in [2.45, 2.75) is 6.92 Å². The minimum Gasteiger partial charge on any atom is -0.271 e. The Labute approximate surface area is 91.7 Å². The Morgan fingerprint density at radius 2 is 2.07 bits per heavy atom. The maximum Gasteiger partial charge on any atom is 0.261 e. The summed E-state index contributed by atoms with van der Waals surface area (Å²) < 4.78 is 0. The molecule has 0 aliphatic rings. The van der Waals surface area contributed by atoms with E-state index >= 15 is 0 Å². The highest BCUT2D eigenvalue weighted by Crippen LogP contribution is 2.14. The minimum atomic E-state index is -0.113. The van der Waals surface area contributed by atoms with Crippen molar-refractivity contribution in [1.82, 2.24) is 0 Å². The zero-order chi connectivity index (χ0) is 10.4. The zero-order valence-electron chi connectivity index (χ0n) is 7.94. The second kappa shape index (κ2) is 5.78. The number of carbonyl (C=O) groups excluding carboxylic acids is 1. The Morgan fingerprint density at radius 3 is 2.57 bits per heavy atom. The molecule has 0 aliphatic heterocycles. The third-order valence-corrected chi connectivity index (χ3v) is 2.07. The molecule has 76 valence electrons. The van der Waals surface area contributed by atoms with E-state index in [9.17, 15) is 4.79 Å². The smallest absolute Gasteiger partial charge is 0.261 e. The van der Waals surface area contributed by atoms with Crippen molar-refractivity contribution < 1.29 is 9.63 Å². The molecule has 3 nitrogen and oxygen atoms in total. The summed E-state index contributed by atoms with van der Waals surface area (Å²) in [5.41, 5.74) is 0.749. The summed E-state index contributed by atoms with van der Waals surface area (Å²) >= 11 is 3.11. The quantitative estimate of drug-likeness (QED) is 0.613. The van der Waals surface area contributed by atoms with Crippen LogP contribution in [0.1, 0.15) is 6.92 Å². The van der Waals surface area contributed by atoms with Crippen molar-refractivity contribution in [2.75, 3.05) is 17.0 Å². The number of halogens is 1. The van der Waals surface area contributed by atoms with E-state index in [4.69, 9.17) is 4.84 Å². The van der Waals surface area contributed by atoms with Crippen molar-refractivity contribution >= 4 is 27.5 Å². The van der Waals surface area contributed by atoms with E-state index < -0.39 is 0 Å². The Morgan fingerprint density at radius 1 is 1.43 bits per heavy atom. The number of hydrogen-bond donors (Lipinski definition) is 0. The molecule has 1 aromatic rings. The van der Waals surface area contributed by atoms with Crippen LogP contribution in [-0.2, 0) is 9.63 Å². The molecule has 0 atom stereocenters. The zero-order valence-corrected chi connectivity index (χ0v) is 9.53. The Hall–Kier alpha value is -0.870. The van der Waals surface area contributed by atoms with Crippen LogP contribution >= 0.6 is 15.9 Å². The van der Waals surface area contributed by atoms with Gasteiger partial charge >= 0.3 is 0 Å². The van der Waals surface area contributed by atoms with Gasteiger partial charge in [0.1, 0.15) is 0 Å². The molecule has 0 N–H and O–H groups in total. The SMILES string of the molecule is CCON(C(=O)CBr)c1ccccc1. The summed E-state index contributed by atoms with van der Waals surface area (Å²) in [7, 11) is 0. The lowest BCUT2D eigenvalue weighted by molar-refractivity contribution is -0.123. The van der Waals surface area contributed by atoms with E-state index in [1.807, 2.05) is 37.3 Å². The molecular weight excluding hydrogens is 246 g/mol. The van der Waals surface area contributed by atoms with Crippen LogP contribution < -0.4 is 5.06 Å². The molecule has 0 aliphatic carbocycles. The van der Waals surface area contributed by atoms with E-state index in [0.29, 0.717) is 6.61 Å². The monoisotopic (exact) mass is 257 g/mol. The highest BCUT2D eigenvalue weighted by molar-refractivity contribution is 9.09. The summed E-state index contributed by atoms with van der Waals surface area (Å²) in [6.07, 6.45) is 0. The molecule has 0 bridgehead atoms. The van der Waals surface area contributed by atoms with Gasteiger partial charge in [-0.15, -0.1) is 0 Å². The molecule has 0 aromatic heterocycles. The lowest BCUT2D eigenvalue weighted by Gasteiger charge is -2.19. The molecule has 0 fully saturated rings. The summed E-state index contributed by atoms with van der Waals surface area (Å²) in [6.45, 7) is 2.31. The number of hydrogen-bond acceptors (Lipinski definition) is 2. The first-order chi connectivity index (χ1) is 6.79. The lowest BCUT2D eigenvalue weighted by Crippen LogP contribution is -2.31. The van der Waals surface area contributed by atoms with Gasteiger partial charge in [0.15, 0.2) is 0 Å². The van der Waals surface area contributed by atoms with Crippen LogP contribution in [0.5, 0.6) is 0 Å². The predicted octanol–water partition coefficient (Wildman–Crippen LogP) is 2.37. The number of anilines is 1. The number of alkyl halides is 1. The van der Waals surface area contributed by atoms with E-state index in [-0.39, 0.29) is 11.2 Å². The summed E-state index contributed by atoms with van der Waals surface area (Å²) in [5.74, 6) is -0.113. The molecule has 1 aromatic carbocycles. The molecule has 0 spiro atoms. The number of amides is 1. The van der Waals surface area contributed by atoms with Gasteiger partial charge in [0.05, 0.1) is 17.6 Å². The second-order valence-corrected chi connectivity index (χ2v) is 3.14. The van der Waals surface area contributed by atoms with Crippen molar-refractivity contribution in [3.8, 4) is 0 Å².